The predicted molar refractivity (Wildman–Crippen MR) is 68.6 cm³/mol. The van der Waals surface area contributed by atoms with Crippen LogP contribution in [0.15, 0.2) is 24.3 Å². The van der Waals surface area contributed by atoms with Gasteiger partial charge >= 0.3 is 5.97 Å². The molecule has 102 valence electrons. The Morgan fingerprint density at radius 3 is 2.32 bits per heavy atom. The van der Waals surface area contributed by atoms with Crippen molar-refractivity contribution in [3.63, 3.8) is 0 Å². The Bertz CT molecular complexity index is 465. The lowest BCUT2D eigenvalue weighted by Crippen LogP contribution is -2.37. The molecule has 1 aromatic carbocycles. The van der Waals surface area contributed by atoms with Crippen LogP contribution in [-0.2, 0) is 11.4 Å². The lowest BCUT2D eigenvalue weighted by Gasteiger charge is -2.20. The number of aliphatic carboxylic acids is 1. The molecule has 0 heterocycles. The highest BCUT2D eigenvalue weighted by Gasteiger charge is 2.28. The maximum atomic E-state index is 12.2. The number of aliphatic hydroxyl groups is 1. The summed E-state index contributed by atoms with van der Waals surface area (Å²) in [5, 5.41) is 17.8. The summed E-state index contributed by atoms with van der Waals surface area (Å²) in [5.74, 6) is -0.820. The predicted octanol–water partition coefficient (Wildman–Crippen LogP) is 1.12. The van der Waals surface area contributed by atoms with Gasteiger partial charge in [0.25, 0.3) is 5.91 Å². The third-order valence-electron chi connectivity index (χ3n) is 3.17. The number of carboxylic acids is 1. The summed E-state index contributed by atoms with van der Waals surface area (Å²) in [5.41, 5.74) is 1.18. The van der Waals surface area contributed by atoms with Crippen molar-refractivity contribution in [1.82, 2.24) is 4.90 Å². The number of hydrogen-bond donors (Lipinski definition) is 2. The van der Waals surface area contributed by atoms with Crippen molar-refractivity contribution in [1.29, 1.82) is 0 Å². The second kappa shape index (κ2) is 5.84. The summed E-state index contributed by atoms with van der Waals surface area (Å²) < 4.78 is 0. The molecule has 0 atom stereocenters. The van der Waals surface area contributed by atoms with Gasteiger partial charge in [0.05, 0.1) is 6.61 Å². The summed E-state index contributed by atoms with van der Waals surface area (Å²) in [7, 11) is 0. The van der Waals surface area contributed by atoms with Crippen molar-refractivity contribution in [3.05, 3.63) is 35.4 Å². The molecule has 5 nitrogen and oxygen atoms in total. The Balaban J connectivity index is 2.09. The molecule has 5 heteroatoms. The zero-order valence-electron chi connectivity index (χ0n) is 10.6. The van der Waals surface area contributed by atoms with E-state index in [1.54, 1.807) is 24.3 Å². The van der Waals surface area contributed by atoms with Crippen LogP contribution in [0.2, 0.25) is 0 Å². The molecule has 1 fully saturated rings. The van der Waals surface area contributed by atoms with Gasteiger partial charge in [0, 0.05) is 12.1 Å². The monoisotopic (exact) mass is 263 g/mol. The van der Waals surface area contributed by atoms with E-state index < -0.39 is 5.97 Å². The Labute approximate surface area is 111 Å². The first-order chi connectivity index (χ1) is 9.10. The summed E-state index contributed by atoms with van der Waals surface area (Å²) >= 11 is 0. The van der Waals surface area contributed by atoms with Crippen molar-refractivity contribution in [2.45, 2.75) is 19.4 Å². The third kappa shape index (κ3) is 3.79. The van der Waals surface area contributed by atoms with Gasteiger partial charge in [-0.05, 0) is 36.5 Å². The average Bonchev–Trinajstić information content (AvgIpc) is 3.21. The number of carbonyl (C=O) groups is 2. The van der Waals surface area contributed by atoms with Gasteiger partial charge in [-0.1, -0.05) is 12.1 Å². The fourth-order valence-corrected chi connectivity index (χ4v) is 1.93. The van der Waals surface area contributed by atoms with Gasteiger partial charge in [-0.2, -0.15) is 0 Å². The molecule has 1 aliphatic rings. The Morgan fingerprint density at radius 1 is 1.21 bits per heavy atom. The minimum atomic E-state index is -0.999. The van der Waals surface area contributed by atoms with E-state index in [1.165, 1.54) is 4.90 Å². The number of amides is 1. The van der Waals surface area contributed by atoms with E-state index in [0.717, 1.165) is 18.4 Å². The summed E-state index contributed by atoms with van der Waals surface area (Å²) in [6.45, 7) is 0.166. The smallest absolute Gasteiger partial charge is 0.323 e. The van der Waals surface area contributed by atoms with Crippen molar-refractivity contribution < 1.29 is 19.8 Å². The van der Waals surface area contributed by atoms with Gasteiger partial charge in [0.1, 0.15) is 6.54 Å². The van der Waals surface area contributed by atoms with Gasteiger partial charge < -0.3 is 15.1 Å². The standard InChI is InChI=1S/C14H17NO4/c16-9-11-3-5-12(6-4-11)14(19)15(8-13(17)18)7-10-1-2-10/h3-6,10,16H,1-2,7-9H2,(H,17,18). The average molecular weight is 263 g/mol. The highest BCUT2D eigenvalue weighted by atomic mass is 16.4. The molecule has 0 radical (unpaired) electrons. The maximum Gasteiger partial charge on any atom is 0.323 e. The Kier molecular flexibility index (Phi) is 4.16. The van der Waals surface area contributed by atoms with E-state index in [9.17, 15) is 9.59 Å². The van der Waals surface area contributed by atoms with Crippen molar-refractivity contribution in [2.75, 3.05) is 13.1 Å². The Hall–Kier alpha value is -1.88. The maximum absolute atomic E-state index is 12.2. The van der Waals surface area contributed by atoms with Gasteiger partial charge in [0.15, 0.2) is 0 Å². The number of nitrogens with zero attached hydrogens (tertiary/aromatic N) is 1. The molecule has 0 aliphatic heterocycles. The summed E-state index contributed by atoms with van der Waals surface area (Å²) in [6.07, 6.45) is 2.12. The van der Waals surface area contributed by atoms with Crippen LogP contribution in [-0.4, -0.2) is 40.1 Å². The molecule has 1 amide bonds. The fourth-order valence-electron chi connectivity index (χ4n) is 1.93. The molecular weight excluding hydrogens is 246 g/mol. The van der Waals surface area contributed by atoms with Crippen molar-refractivity contribution in [2.24, 2.45) is 5.92 Å². The normalized spacial score (nSPS) is 14.2. The van der Waals surface area contributed by atoms with Gasteiger partial charge in [-0.15, -0.1) is 0 Å². The van der Waals surface area contributed by atoms with Crippen LogP contribution in [0, 0.1) is 5.92 Å². The van der Waals surface area contributed by atoms with E-state index in [2.05, 4.69) is 0 Å². The second-order valence-electron chi connectivity index (χ2n) is 4.88. The molecule has 0 aromatic heterocycles. The zero-order valence-corrected chi connectivity index (χ0v) is 10.6. The number of rotatable bonds is 6. The first-order valence-electron chi connectivity index (χ1n) is 6.31. The van der Waals surface area contributed by atoms with E-state index in [-0.39, 0.29) is 19.1 Å². The first kappa shape index (κ1) is 13.5. The molecule has 1 aromatic rings. The lowest BCUT2D eigenvalue weighted by molar-refractivity contribution is -0.137. The van der Waals surface area contributed by atoms with Crippen LogP contribution < -0.4 is 0 Å². The quantitative estimate of drug-likeness (QED) is 0.806. The topological polar surface area (TPSA) is 77.8 Å². The van der Waals surface area contributed by atoms with Crippen LogP contribution in [0.25, 0.3) is 0 Å². The highest BCUT2D eigenvalue weighted by molar-refractivity contribution is 5.95. The van der Waals surface area contributed by atoms with Gasteiger partial charge in [-0.25, -0.2) is 0 Å². The molecule has 19 heavy (non-hydrogen) atoms. The van der Waals surface area contributed by atoms with E-state index in [4.69, 9.17) is 10.2 Å². The number of benzene rings is 1. The van der Waals surface area contributed by atoms with Gasteiger partial charge in [-0.3, -0.25) is 9.59 Å². The second-order valence-corrected chi connectivity index (χ2v) is 4.88. The number of carboxylic acid groups (broad SMARTS) is 1. The molecule has 1 aliphatic carbocycles. The summed E-state index contributed by atoms with van der Waals surface area (Å²) in [4.78, 5) is 24.4. The van der Waals surface area contributed by atoms with Crippen molar-refractivity contribution >= 4 is 11.9 Å². The van der Waals surface area contributed by atoms with Crippen LogP contribution >= 0.6 is 0 Å². The number of hydrogen-bond acceptors (Lipinski definition) is 3. The van der Waals surface area contributed by atoms with E-state index in [0.29, 0.717) is 18.0 Å². The Morgan fingerprint density at radius 2 is 1.84 bits per heavy atom. The van der Waals surface area contributed by atoms with E-state index >= 15 is 0 Å². The van der Waals surface area contributed by atoms with Crippen LogP contribution in [0.1, 0.15) is 28.8 Å². The summed E-state index contributed by atoms with van der Waals surface area (Å²) in [6, 6.07) is 6.58. The SMILES string of the molecule is O=C(O)CN(CC1CC1)C(=O)c1ccc(CO)cc1. The molecule has 0 bridgehead atoms. The largest absolute Gasteiger partial charge is 0.480 e. The van der Waals surface area contributed by atoms with Crippen LogP contribution in [0.3, 0.4) is 0 Å². The molecule has 2 N–H and O–H groups in total. The van der Waals surface area contributed by atoms with Crippen LogP contribution in [0.5, 0.6) is 0 Å². The fraction of sp³-hybridized carbons (Fsp3) is 0.429. The molecule has 1 saturated carbocycles. The molecule has 0 saturated heterocycles. The minimum Gasteiger partial charge on any atom is -0.480 e. The number of carbonyl (C=O) groups excluding carboxylic acids is 1. The van der Waals surface area contributed by atoms with Gasteiger partial charge in [0.2, 0.25) is 0 Å². The van der Waals surface area contributed by atoms with E-state index in [1.807, 2.05) is 0 Å². The van der Waals surface area contributed by atoms with Crippen LogP contribution in [0.4, 0.5) is 0 Å². The first-order valence-corrected chi connectivity index (χ1v) is 6.31. The van der Waals surface area contributed by atoms with Crippen molar-refractivity contribution in [3.8, 4) is 0 Å². The highest BCUT2D eigenvalue weighted by Crippen LogP contribution is 2.30. The molecule has 0 spiro atoms. The number of aliphatic hydroxyl groups excluding tert-OH is 1. The molecular formula is C14H17NO4. The molecule has 0 unspecified atom stereocenters. The molecule has 2 rings (SSSR count). The minimum absolute atomic E-state index is 0.0740. The lowest BCUT2D eigenvalue weighted by atomic mass is 10.1. The zero-order chi connectivity index (χ0) is 13.8. The third-order valence-corrected chi connectivity index (χ3v) is 3.17.